The number of pyridine rings is 1. The van der Waals surface area contributed by atoms with Gasteiger partial charge < -0.3 is 9.84 Å². The molecule has 1 saturated heterocycles. The second kappa shape index (κ2) is 8.94. The number of aromatic nitrogens is 1. The molecular formula is C20H27N3O2. The molecule has 1 aromatic heterocycles. The van der Waals surface area contributed by atoms with Crippen LogP contribution in [0.4, 0.5) is 0 Å². The van der Waals surface area contributed by atoms with Gasteiger partial charge in [0.1, 0.15) is 18.5 Å². The van der Waals surface area contributed by atoms with E-state index in [-0.39, 0.29) is 0 Å². The summed E-state index contributed by atoms with van der Waals surface area (Å²) in [5.41, 5.74) is 1.26. The summed E-state index contributed by atoms with van der Waals surface area (Å²) in [4.78, 5) is 9.00. The van der Waals surface area contributed by atoms with Crippen molar-refractivity contribution < 1.29 is 9.84 Å². The molecule has 3 rings (SSSR count). The van der Waals surface area contributed by atoms with Crippen LogP contribution in [0, 0.1) is 0 Å². The molecule has 2 heterocycles. The molecule has 0 amide bonds. The summed E-state index contributed by atoms with van der Waals surface area (Å²) >= 11 is 0. The van der Waals surface area contributed by atoms with Crippen molar-refractivity contribution in [2.24, 2.45) is 0 Å². The molecule has 0 spiro atoms. The highest BCUT2D eigenvalue weighted by Crippen LogP contribution is 2.20. The van der Waals surface area contributed by atoms with Gasteiger partial charge >= 0.3 is 0 Å². The first-order valence-electron chi connectivity index (χ1n) is 8.94. The van der Waals surface area contributed by atoms with E-state index in [1.807, 2.05) is 48.8 Å². The Morgan fingerprint density at radius 2 is 1.84 bits per heavy atom. The van der Waals surface area contributed by atoms with Gasteiger partial charge in [0.15, 0.2) is 0 Å². The van der Waals surface area contributed by atoms with E-state index in [0.29, 0.717) is 19.2 Å². The van der Waals surface area contributed by atoms with Crippen LogP contribution in [0.15, 0.2) is 54.9 Å². The number of para-hydroxylation sites is 1. The number of nitrogens with zero attached hydrogens (tertiary/aromatic N) is 3. The third-order valence-corrected chi connectivity index (χ3v) is 4.78. The molecule has 2 aromatic rings. The standard InChI is InChI=1S/C20H27N3O2/c1-17(18-6-5-9-21-14-18)23-12-10-22(11-13-23)15-19(24)16-25-20-7-3-2-4-8-20/h2-9,14,17,19,24H,10-13,15-16H2,1H3/t17-,19-/m0/s1. The molecule has 1 aliphatic heterocycles. The zero-order chi connectivity index (χ0) is 17.5. The molecule has 5 nitrogen and oxygen atoms in total. The minimum Gasteiger partial charge on any atom is -0.491 e. The number of β-amino-alcohol motifs (C(OH)–C–C–N with tert-alkyl or cyclic N) is 1. The topological polar surface area (TPSA) is 48.8 Å². The largest absolute Gasteiger partial charge is 0.491 e. The maximum Gasteiger partial charge on any atom is 0.119 e. The van der Waals surface area contributed by atoms with Gasteiger partial charge in [-0.1, -0.05) is 24.3 Å². The molecule has 1 fully saturated rings. The van der Waals surface area contributed by atoms with E-state index in [4.69, 9.17) is 4.74 Å². The van der Waals surface area contributed by atoms with Crippen LogP contribution in [0.25, 0.3) is 0 Å². The Bertz CT molecular complexity index is 615. The van der Waals surface area contributed by atoms with Crippen molar-refractivity contribution in [2.45, 2.75) is 19.1 Å². The minimum atomic E-state index is -0.470. The average molecular weight is 341 g/mol. The van der Waals surface area contributed by atoms with Crippen molar-refractivity contribution in [1.29, 1.82) is 0 Å². The lowest BCUT2D eigenvalue weighted by atomic mass is 10.1. The Morgan fingerprint density at radius 1 is 1.08 bits per heavy atom. The van der Waals surface area contributed by atoms with Crippen LogP contribution < -0.4 is 4.74 Å². The average Bonchev–Trinajstić information content (AvgIpc) is 2.68. The Kier molecular flexibility index (Phi) is 6.39. The van der Waals surface area contributed by atoms with Crippen LogP contribution in [0.5, 0.6) is 5.75 Å². The molecule has 25 heavy (non-hydrogen) atoms. The molecule has 2 atom stereocenters. The molecule has 1 aromatic carbocycles. The fourth-order valence-electron chi connectivity index (χ4n) is 3.23. The number of aliphatic hydroxyl groups excluding tert-OH is 1. The SMILES string of the molecule is C[C@@H](c1cccnc1)N1CCN(C[C@H](O)COc2ccccc2)CC1. The van der Waals surface area contributed by atoms with E-state index >= 15 is 0 Å². The van der Waals surface area contributed by atoms with Crippen LogP contribution >= 0.6 is 0 Å². The van der Waals surface area contributed by atoms with Crippen molar-refractivity contribution in [2.75, 3.05) is 39.3 Å². The monoisotopic (exact) mass is 341 g/mol. The number of ether oxygens (including phenoxy) is 1. The van der Waals surface area contributed by atoms with E-state index in [1.54, 1.807) is 0 Å². The van der Waals surface area contributed by atoms with Gasteiger partial charge in [0.05, 0.1) is 0 Å². The second-order valence-electron chi connectivity index (χ2n) is 6.58. The summed E-state index contributed by atoms with van der Waals surface area (Å²) in [6, 6.07) is 14.1. The molecule has 1 N–H and O–H groups in total. The van der Waals surface area contributed by atoms with Crippen LogP contribution in [-0.4, -0.2) is 65.3 Å². The summed E-state index contributed by atoms with van der Waals surface area (Å²) in [6.07, 6.45) is 3.29. The molecule has 1 aliphatic rings. The van der Waals surface area contributed by atoms with Crippen molar-refractivity contribution in [3.63, 3.8) is 0 Å². The van der Waals surface area contributed by atoms with Gasteiger partial charge in [-0.05, 0) is 30.7 Å². The van der Waals surface area contributed by atoms with Gasteiger partial charge in [-0.15, -0.1) is 0 Å². The summed E-state index contributed by atoms with van der Waals surface area (Å²) < 4.78 is 5.63. The predicted molar refractivity (Wildman–Crippen MR) is 98.6 cm³/mol. The lowest BCUT2D eigenvalue weighted by Gasteiger charge is -2.38. The molecule has 134 valence electrons. The lowest BCUT2D eigenvalue weighted by molar-refractivity contribution is 0.0380. The molecule has 5 heteroatoms. The predicted octanol–water partition coefficient (Wildman–Crippen LogP) is 2.20. The van der Waals surface area contributed by atoms with E-state index < -0.39 is 6.10 Å². The Morgan fingerprint density at radius 3 is 2.52 bits per heavy atom. The Balaban J connectivity index is 1.40. The summed E-state index contributed by atoms with van der Waals surface area (Å²) in [5, 5.41) is 10.2. The zero-order valence-corrected chi connectivity index (χ0v) is 14.8. The van der Waals surface area contributed by atoms with E-state index in [9.17, 15) is 5.11 Å². The fraction of sp³-hybridized carbons (Fsp3) is 0.450. The number of piperazine rings is 1. The van der Waals surface area contributed by atoms with Crippen molar-refractivity contribution >= 4 is 0 Å². The van der Waals surface area contributed by atoms with Crippen molar-refractivity contribution in [3.05, 3.63) is 60.4 Å². The quantitative estimate of drug-likeness (QED) is 0.837. The Hall–Kier alpha value is -1.95. The number of hydrogen-bond acceptors (Lipinski definition) is 5. The lowest BCUT2D eigenvalue weighted by Crippen LogP contribution is -2.49. The van der Waals surface area contributed by atoms with Gasteiger partial charge in [0, 0.05) is 51.2 Å². The molecule has 0 radical (unpaired) electrons. The highest BCUT2D eigenvalue weighted by Gasteiger charge is 2.23. The molecule has 0 unspecified atom stereocenters. The molecule has 0 bridgehead atoms. The highest BCUT2D eigenvalue weighted by atomic mass is 16.5. The smallest absolute Gasteiger partial charge is 0.119 e. The first-order valence-corrected chi connectivity index (χ1v) is 8.94. The first kappa shape index (κ1) is 17.9. The van der Waals surface area contributed by atoms with Crippen molar-refractivity contribution in [1.82, 2.24) is 14.8 Å². The first-order chi connectivity index (χ1) is 12.2. The van der Waals surface area contributed by atoms with Gasteiger partial charge in [0.25, 0.3) is 0 Å². The van der Waals surface area contributed by atoms with Gasteiger partial charge in [-0.2, -0.15) is 0 Å². The van der Waals surface area contributed by atoms with Gasteiger partial charge in [-0.25, -0.2) is 0 Å². The number of aliphatic hydroxyl groups is 1. The van der Waals surface area contributed by atoms with Gasteiger partial charge in [-0.3, -0.25) is 14.8 Å². The minimum absolute atomic E-state index is 0.330. The van der Waals surface area contributed by atoms with E-state index in [0.717, 1.165) is 31.9 Å². The van der Waals surface area contributed by atoms with Gasteiger partial charge in [0.2, 0.25) is 0 Å². The van der Waals surface area contributed by atoms with Crippen LogP contribution in [0.3, 0.4) is 0 Å². The molecular weight excluding hydrogens is 314 g/mol. The Labute approximate surface area is 149 Å². The number of benzene rings is 1. The number of rotatable bonds is 7. The maximum absolute atomic E-state index is 10.2. The fourth-order valence-corrected chi connectivity index (χ4v) is 3.23. The highest BCUT2D eigenvalue weighted by molar-refractivity contribution is 5.20. The van der Waals surface area contributed by atoms with E-state index in [1.165, 1.54) is 5.56 Å². The zero-order valence-electron chi connectivity index (χ0n) is 14.8. The molecule has 0 saturated carbocycles. The third-order valence-electron chi connectivity index (χ3n) is 4.78. The summed E-state index contributed by atoms with van der Waals surface area (Å²) in [7, 11) is 0. The second-order valence-corrected chi connectivity index (χ2v) is 6.58. The van der Waals surface area contributed by atoms with Crippen molar-refractivity contribution in [3.8, 4) is 5.75 Å². The third kappa shape index (κ3) is 5.26. The van der Waals surface area contributed by atoms with E-state index in [2.05, 4.69) is 27.8 Å². The molecule has 0 aliphatic carbocycles. The van der Waals surface area contributed by atoms with Crippen LogP contribution in [0.2, 0.25) is 0 Å². The summed E-state index contributed by atoms with van der Waals surface area (Å²) in [5.74, 6) is 0.802. The number of hydrogen-bond donors (Lipinski definition) is 1. The maximum atomic E-state index is 10.2. The normalized spacial score (nSPS) is 18.6. The summed E-state index contributed by atoms with van der Waals surface area (Å²) in [6.45, 7) is 7.15. The van der Waals surface area contributed by atoms with Crippen LogP contribution in [0.1, 0.15) is 18.5 Å². The van der Waals surface area contributed by atoms with Crippen LogP contribution in [-0.2, 0) is 0 Å².